The molecular formula is C27H43NO7S. The molecule has 2 unspecified atom stereocenters. The maximum Gasteiger partial charge on any atom is 0.308 e. The van der Waals surface area contributed by atoms with Gasteiger partial charge in [0.05, 0.1) is 60.2 Å². The highest BCUT2D eigenvalue weighted by atomic mass is 32.1. The van der Waals surface area contributed by atoms with Gasteiger partial charge in [-0.15, -0.1) is 11.3 Å². The second-order valence-electron chi connectivity index (χ2n) is 10.7. The molecule has 1 aromatic heterocycles. The van der Waals surface area contributed by atoms with E-state index in [0.717, 1.165) is 35.5 Å². The second-order valence-corrected chi connectivity index (χ2v) is 11.8. The summed E-state index contributed by atoms with van der Waals surface area (Å²) >= 11 is 1.58. The predicted octanol–water partition coefficient (Wildman–Crippen LogP) is 3.70. The van der Waals surface area contributed by atoms with Crippen LogP contribution in [0, 0.1) is 24.2 Å². The van der Waals surface area contributed by atoms with Crippen LogP contribution in [-0.2, 0) is 19.1 Å². The summed E-state index contributed by atoms with van der Waals surface area (Å²) in [7, 11) is 1.23. The van der Waals surface area contributed by atoms with Gasteiger partial charge in [0, 0.05) is 17.7 Å². The molecule has 2 rings (SSSR count). The third-order valence-corrected chi connectivity index (χ3v) is 8.19. The van der Waals surface area contributed by atoms with Crippen LogP contribution in [0.2, 0.25) is 0 Å². The number of hydrogen-bond donors (Lipinski definition) is 3. The zero-order valence-electron chi connectivity index (χ0n) is 22.6. The van der Waals surface area contributed by atoms with Gasteiger partial charge >= 0.3 is 5.97 Å². The standard InChI is InChI=1S/C27H43NO7S/c1-15(25(32)17(3)26(33)27(5,6)23(30)13-24(31)34-7)9-8-10-21-22(35-21)12-20(29)16(2)11-19-14-36-18(4)28-19/h11,14-15,17,20-23,25,29-30,32H,8-10,12-13H2,1-7H3/t15-,17+,20-,21?,22?,23-,25-/m0/s1. The van der Waals surface area contributed by atoms with Crippen molar-refractivity contribution in [3.05, 3.63) is 21.7 Å². The van der Waals surface area contributed by atoms with Crippen molar-refractivity contribution >= 4 is 29.2 Å². The molecule has 0 amide bonds. The minimum atomic E-state index is -1.19. The molecule has 1 aromatic rings. The van der Waals surface area contributed by atoms with Crippen molar-refractivity contribution < 1.29 is 34.4 Å². The molecule has 1 aliphatic rings. The van der Waals surface area contributed by atoms with Crippen molar-refractivity contribution in [2.24, 2.45) is 17.3 Å². The van der Waals surface area contributed by atoms with Crippen molar-refractivity contribution in [2.45, 2.75) is 104 Å². The fraction of sp³-hybridized carbons (Fsp3) is 0.741. The number of carbonyl (C=O) groups excluding carboxylic acids is 2. The zero-order valence-corrected chi connectivity index (χ0v) is 23.4. The van der Waals surface area contributed by atoms with Gasteiger partial charge in [0.25, 0.3) is 0 Å². The Bertz CT molecular complexity index is 912. The smallest absolute Gasteiger partial charge is 0.308 e. The molecule has 0 radical (unpaired) electrons. The number of thiazole rings is 1. The molecule has 3 N–H and O–H groups in total. The summed E-state index contributed by atoms with van der Waals surface area (Å²) in [5.74, 6) is -1.67. The molecule has 7 atom stereocenters. The van der Waals surface area contributed by atoms with Crippen molar-refractivity contribution in [1.82, 2.24) is 4.98 Å². The lowest BCUT2D eigenvalue weighted by Gasteiger charge is -2.34. The number of ketones is 1. The number of esters is 1. The summed E-state index contributed by atoms with van der Waals surface area (Å²) in [5.41, 5.74) is 0.545. The average molecular weight is 526 g/mol. The van der Waals surface area contributed by atoms with E-state index in [1.54, 1.807) is 32.1 Å². The largest absolute Gasteiger partial charge is 0.469 e. The number of methoxy groups -OCH3 is 1. The van der Waals surface area contributed by atoms with Gasteiger partial charge in [0.15, 0.2) is 0 Å². The summed E-state index contributed by atoms with van der Waals surface area (Å²) in [5, 5.41) is 34.6. The molecule has 0 spiro atoms. The topological polar surface area (TPSA) is 129 Å². The minimum absolute atomic E-state index is 0.0262. The van der Waals surface area contributed by atoms with Crippen LogP contribution in [-0.4, -0.2) is 69.7 Å². The van der Waals surface area contributed by atoms with Crippen LogP contribution >= 0.6 is 11.3 Å². The van der Waals surface area contributed by atoms with E-state index >= 15 is 0 Å². The molecule has 1 aliphatic heterocycles. The Morgan fingerprint density at radius 2 is 1.92 bits per heavy atom. The highest BCUT2D eigenvalue weighted by Crippen LogP contribution is 2.35. The van der Waals surface area contributed by atoms with Crippen LogP contribution in [0.5, 0.6) is 0 Å². The molecule has 0 aromatic carbocycles. The van der Waals surface area contributed by atoms with E-state index in [2.05, 4.69) is 9.72 Å². The Labute approximate surface area is 218 Å². The number of aromatic nitrogens is 1. The molecule has 8 nitrogen and oxygen atoms in total. The van der Waals surface area contributed by atoms with Gasteiger partial charge in [0.2, 0.25) is 0 Å². The molecular weight excluding hydrogens is 482 g/mol. The summed E-state index contributed by atoms with van der Waals surface area (Å²) in [6.45, 7) is 10.6. The number of ether oxygens (including phenoxy) is 2. The Balaban J connectivity index is 1.75. The number of rotatable bonds is 15. The van der Waals surface area contributed by atoms with E-state index in [1.165, 1.54) is 7.11 Å². The number of aliphatic hydroxyl groups is 3. The first-order valence-corrected chi connectivity index (χ1v) is 13.6. The number of hydrogen-bond acceptors (Lipinski definition) is 9. The Morgan fingerprint density at radius 3 is 2.50 bits per heavy atom. The lowest BCUT2D eigenvalue weighted by molar-refractivity contribution is -0.149. The van der Waals surface area contributed by atoms with Crippen LogP contribution in [0.3, 0.4) is 0 Å². The van der Waals surface area contributed by atoms with E-state index in [4.69, 9.17) is 4.74 Å². The van der Waals surface area contributed by atoms with Gasteiger partial charge in [-0.25, -0.2) is 4.98 Å². The Hall–Kier alpha value is -1.65. The third kappa shape index (κ3) is 8.45. The minimum Gasteiger partial charge on any atom is -0.469 e. The average Bonchev–Trinajstić information content (AvgIpc) is 3.43. The van der Waals surface area contributed by atoms with Gasteiger partial charge in [-0.05, 0) is 44.3 Å². The van der Waals surface area contributed by atoms with Gasteiger partial charge in [0.1, 0.15) is 5.78 Å². The van der Waals surface area contributed by atoms with Crippen molar-refractivity contribution in [1.29, 1.82) is 0 Å². The van der Waals surface area contributed by atoms with Crippen molar-refractivity contribution in [3.8, 4) is 0 Å². The van der Waals surface area contributed by atoms with E-state index in [9.17, 15) is 24.9 Å². The fourth-order valence-corrected chi connectivity index (χ4v) is 5.10. The van der Waals surface area contributed by atoms with Crippen molar-refractivity contribution in [3.63, 3.8) is 0 Å². The number of aliphatic hydroxyl groups excluding tert-OH is 3. The summed E-state index contributed by atoms with van der Waals surface area (Å²) in [4.78, 5) is 28.9. The van der Waals surface area contributed by atoms with Crippen LogP contribution in [0.4, 0.5) is 0 Å². The normalized spacial score (nSPS) is 22.4. The van der Waals surface area contributed by atoms with Crippen LogP contribution in [0.25, 0.3) is 6.08 Å². The zero-order chi connectivity index (χ0) is 27.2. The maximum atomic E-state index is 13.0. The quantitative estimate of drug-likeness (QED) is 0.234. The summed E-state index contributed by atoms with van der Waals surface area (Å²) in [6.07, 6.45) is 2.07. The third-order valence-electron chi connectivity index (χ3n) is 7.39. The van der Waals surface area contributed by atoms with Crippen molar-refractivity contribution in [2.75, 3.05) is 7.11 Å². The summed E-state index contributed by atoms with van der Waals surface area (Å²) in [6, 6.07) is 0. The fourth-order valence-electron chi connectivity index (χ4n) is 4.53. The molecule has 1 fully saturated rings. The van der Waals surface area contributed by atoms with E-state index in [0.29, 0.717) is 6.42 Å². The number of Topliss-reactive ketones (excluding diaryl/α,β-unsaturated/α-hetero) is 1. The monoisotopic (exact) mass is 525 g/mol. The molecule has 9 heteroatoms. The highest BCUT2D eigenvalue weighted by Gasteiger charge is 2.42. The number of epoxide rings is 1. The molecule has 1 saturated heterocycles. The van der Waals surface area contributed by atoms with Gasteiger partial charge in [-0.1, -0.05) is 34.1 Å². The molecule has 0 bridgehead atoms. The SMILES string of the molecule is COC(=O)C[C@H](O)C(C)(C)C(=O)[C@H](C)[C@@H](O)[C@@H](C)CCCC1OC1C[C@H](O)C(C)=Cc1csc(C)n1. The van der Waals surface area contributed by atoms with E-state index < -0.39 is 35.6 Å². The molecule has 2 heterocycles. The summed E-state index contributed by atoms with van der Waals surface area (Å²) < 4.78 is 10.3. The first-order valence-electron chi connectivity index (χ1n) is 12.7. The first kappa shape index (κ1) is 30.6. The van der Waals surface area contributed by atoms with Gasteiger partial charge < -0.3 is 24.8 Å². The van der Waals surface area contributed by atoms with Crippen LogP contribution < -0.4 is 0 Å². The van der Waals surface area contributed by atoms with E-state index in [1.807, 2.05) is 32.2 Å². The second kappa shape index (κ2) is 13.2. The van der Waals surface area contributed by atoms with Gasteiger partial charge in [-0.2, -0.15) is 0 Å². The molecule has 0 aliphatic carbocycles. The highest BCUT2D eigenvalue weighted by molar-refractivity contribution is 7.09. The van der Waals surface area contributed by atoms with Gasteiger partial charge in [-0.3, -0.25) is 9.59 Å². The van der Waals surface area contributed by atoms with Crippen LogP contribution in [0.1, 0.15) is 77.4 Å². The maximum absolute atomic E-state index is 13.0. The molecule has 0 saturated carbocycles. The number of nitrogens with zero attached hydrogens (tertiary/aromatic N) is 1. The first-order chi connectivity index (χ1) is 16.8. The number of carbonyl (C=O) groups is 2. The predicted molar refractivity (Wildman–Crippen MR) is 139 cm³/mol. The molecule has 204 valence electrons. The lowest BCUT2D eigenvalue weighted by atomic mass is 9.73. The number of aryl methyl sites for hydroxylation is 1. The van der Waals surface area contributed by atoms with E-state index in [-0.39, 0.29) is 30.3 Å². The Morgan fingerprint density at radius 1 is 1.25 bits per heavy atom. The van der Waals surface area contributed by atoms with Crippen LogP contribution in [0.15, 0.2) is 11.0 Å². The lowest BCUT2D eigenvalue weighted by Crippen LogP contribution is -2.45. The Kier molecular flexibility index (Phi) is 11.2. The molecule has 36 heavy (non-hydrogen) atoms.